The van der Waals surface area contributed by atoms with Gasteiger partial charge in [0.2, 0.25) is 15.9 Å². The molecule has 0 bridgehead atoms. The Labute approximate surface area is 170 Å². The lowest BCUT2D eigenvalue weighted by Crippen LogP contribution is -2.36. The third-order valence-electron chi connectivity index (χ3n) is 4.49. The van der Waals surface area contributed by atoms with Gasteiger partial charge in [0, 0.05) is 17.5 Å². The second kappa shape index (κ2) is 7.59. The fourth-order valence-corrected chi connectivity index (χ4v) is 3.72. The van der Waals surface area contributed by atoms with Crippen LogP contribution in [0, 0.1) is 11.2 Å². The lowest BCUT2D eigenvalue weighted by Gasteiger charge is -2.28. The van der Waals surface area contributed by atoms with Gasteiger partial charge in [0.1, 0.15) is 5.82 Å². The number of hydrazone groups is 1. The maximum atomic E-state index is 13.8. The highest BCUT2D eigenvalue weighted by Crippen LogP contribution is 2.36. The van der Waals surface area contributed by atoms with Gasteiger partial charge in [-0.25, -0.2) is 17.8 Å². The molecule has 1 aliphatic rings. The van der Waals surface area contributed by atoms with Gasteiger partial charge >= 0.3 is 0 Å². The van der Waals surface area contributed by atoms with E-state index in [9.17, 15) is 17.6 Å². The maximum absolute atomic E-state index is 13.8. The Morgan fingerprint density at radius 2 is 1.86 bits per heavy atom. The molecule has 2 aromatic rings. The highest BCUT2D eigenvalue weighted by molar-refractivity contribution is 7.92. The Balaban J connectivity index is 2.00. The molecular weight excluding hydrogens is 393 g/mol. The van der Waals surface area contributed by atoms with E-state index in [1.165, 1.54) is 17.1 Å². The fourth-order valence-electron chi connectivity index (χ4n) is 3.17. The van der Waals surface area contributed by atoms with Crippen LogP contribution in [0.15, 0.2) is 53.6 Å². The molecule has 1 N–H and O–H groups in total. The molecule has 0 saturated carbocycles. The van der Waals surface area contributed by atoms with Crippen LogP contribution in [0.3, 0.4) is 0 Å². The van der Waals surface area contributed by atoms with Crippen molar-refractivity contribution >= 4 is 27.3 Å². The van der Waals surface area contributed by atoms with Crippen molar-refractivity contribution in [3.05, 3.63) is 65.5 Å². The van der Waals surface area contributed by atoms with Crippen molar-refractivity contribution in [2.75, 3.05) is 11.0 Å². The number of halogens is 1. The maximum Gasteiger partial charge on any atom is 0.248 e. The number of carbonyl (C=O) groups excluding carboxylic acids is 1. The summed E-state index contributed by atoms with van der Waals surface area (Å²) in [6.45, 7) is 5.42. The Kier molecular flexibility index (Phi) is 5.49. The van der Waals surface area contributed by atoms with Crippen molar-refractivity contribution in [1.82, 2.24) is 5.01 Å². The number of sulfonamides is 1. The van der Waals surface area contributed by atoms with E-state index >= 15 is 0 Å². The minimum absolute atomic E-state index is 0.174. The van der Waals surface area contributed by atoms with Gasteiger partial charge in [0.15, 0.2) is 0 Å². The van der Waals surface area contributed by atoms with Crippen molar-refractivity contribution in [2.45, 2.75) is 33.2 Å². The monoisotopic (exact) mass is 417 g/mol. The molecule has 1 unspecified atom stereocenters. The number of nitrogens with one attached hydrogen (secondary N) is 1. The zero-order chi connectivity index (χ0) is 21.4. The first kappa shape index (κ1) is 21.0. The topological polar surface area (TPSA) is 78.8 Å². The number of hydrogen-bond donors (Lipinski definition) is 1. The third kappa shape index (κ3) is 5.00. The molecule has 1 atom stereocenters. The summed E-state index contributed by atoms with van der Waals surface area (Å²) in [7, 11) is -3.42. The van der Waals surface area contributed by atoms with Gasteiger partial charge in [-0.3, -0.25) is 9.52 Å². The van der Waals surface area contributed by atoms with Gasteiger partial charge in [0.25, 0.3) is 0 Å². The predicted octanol–water partition coefficient (Wildman–Crippen LogP) is 3.92. The average molecular weight is 418 g/mol. The van der Waals surface area contributed by atoms with E-state index in [0.717, 1.165) is 6.26 Å². The second-order valence-electron chi connectivity index (χ2n) is 8.18. The van der Waals surface area contributed by atoms with Crippen LogP contribution in [0.1, 0.15) is 44.4 Å². The minimum atomic E-state index is -3.42. The predicted molar refractivity (Wildman–Crippen MR) is 112 cm³/mol. The van der Waals surface area contributed by atoms with Crippen molar-refractivity contribution in [1.29, 1.82) is 0 Å². The molecule has 2 aromatic carbocycles. The van der Waals surface area contributed by atoms with Crippen LogP contribution in [0.5, 0.6) is 0 Å². The second-order valence-corrected chi connectivity index (χ2v) is 9.92. The van der Waals surface area contributed by atoms with Crippen LogP contribution in [0.25, 0.3) is 0 Å². The van der Waals surface area contributed by atoms with E-state index < -0.39 is 21.5 Å². The molecule has 1 amide bonds. The van der Waals surface area contributed by atoms with Crippen LogP contribution >= 0.6 is 0 Å². The number of amides is 1. The Hall–Kier alpha value is -2.74. The molecule has 0 saturated heterocycles. The largest absolute Gasteiger partial charge is 0.284 e. The van der Waals surface area contributed by atoms with Gasteiger partial charge in [-0.2, -0.15) is 5.10 Å². The minimum Gasteiger partial charge on any atom is -0.284 e. The molecule has 0 radical (unpaired) electrons. The molecule has 0 fully saturated rings. The van der Waals surface area contributed by atoms with Gasteiger partial charge in [-0.15, -0.1) is 0 Å². The van der Waals surface area contributed by atoms with E-state index in [4.69, 9.17) is 0 Å². The summed E-state index contributed by atoms with van der Waals surface area (Å²) in [5.74, 6) is -0.550. The van der Waals surface area contributed by atoms with Gasteiger partial charge < -0.3 is 0 Å². The summed E-state index contributed by atoms with van der Waals surface area (Å²) in [6, 6.07) is 12.6. The van der Waals surface area contributed by atoms with Gasteiger partial charge in [-0.05, 0) is 35.4 Å². The zero-order valence-electron chi connectivity index (χ0n) is 16.8. The van der Waals surface area contributed by atoms with Crippen molar-refractivity contribution in [2.24, 2.45) is 10.5 Å². The van der Waals surface area contributed by atoms with E-state index in [0.29, 0.717) is 28.9 Å². The lowest BCUT2D eigenvalue weighted by atomic mass is 9.93. The number of benzene rings is 2. The zero-order valence-corrected chi connectivity index (χ0v) is 17.6. The number of carbonyl (C=O) groups is 1. The summed E-state index contributed by atoms with van der Waals surface area (Å²) in [5, 5.41) is 5.97. The Morgan fingerprint density at radius 3 is 2.48 bits per heavy atom. The lowest BCUT2D eigenvalue weighted by molar-refractivity contribution is -0.141. The molecule has 154 valence electrons. The number of anilines is 1. The first-order valence-corrected chi connectivity index (χ1v) is 11.1. The molecule has 8 heteroatoms. The van der Waals surface area contributed by atoms with Crippen LogP contribution in [-0.2, 0) is 14.8 Å². The summed E-state index contributed by atoms with van der Waals surface area (Å²) >= 11 is 0. The summed E-state index contributed by atoms with van der Waals surface area (Å²) in [4.78, 5) is 13.0. The molecule has 6 nitrogen and oxygen atoms in total. The summed E-state index contributed by atoms with van der Waals surface area (Å²) in [6.07, 6.45) is 1.48. The molecule has 29 heavy (non-hydrogen) atoms. The molecular formula is C21H24FN3O3S. The average Bonchev–Trinajstić information content (AvgIpc) is 3.04. The number of hydrogen-bond acceptors (Lipinski definition) is 4. The third-order valence-corrected chi connectivity index (χ3v) is 5.10. The van der Waals surface area contributed by atoms with E-state index in [1.54, 1.807) is 36.4 Å². The van der Waals surface area contributed by atoms with E-state index in [1.807, 2.05) is 20.8 Å². The van der Waals surface area contributed by atoms with Gasteiger partial charge in [-0.1, -0.05) is 45.0 Å². The smallest absolute Gasteiger partial charge is 0.248 e. The van der Waals surface area contributed by atoms with Crippen LogP contribution in [-0.4, -0.2) is 31.3 Å². The van der Waals surface area contributed by atoms with Crippen molar-refractivity contribution in [3.63, 3.8) is 0 Å². The van der Waals surface area contributed by atoms with Crippen LogP contribution < -0.4 is 4.72 Å². The Morgan fingerprint density at radius 1 is 1.17 bits per heavy atom. The summed E-state index contributed by atoms with van der Waals surface area (Å²) in [5.41, 5.74) is 1.74. The number of nitrogens with zero attached hydrogens (tertiary/aromatic N) is 2. The van der Waals surface area contributed by atoms with Crippen LogP contribution in [0.4, 0.5) is 10.1 Å². The van der Waals surface area contributed by atoms with Crippen molar-refractivity contribution < 1.29 is 17.6 Å². The highest BCUT2D eigenvalue weighted by atomic mass is 32.2. The Bertz CT molecular complexity index is 1070. The quantitative estimate of drug-likeness (QED) is 0.819. The van der Waals surface area contributed by atoms with E-state index in [-0.39, 0.29) is 11.7 Å². The van der Waals surface area contributed by atoms with Crippen LogP contribution in [0.2, 0.25) is 0 Å². The fraction of sp³-hybridized carbons (Fsp3) is 0.333. The molecule has 0 spiro atoms. The summed E-state index contributed by atoms with van der Waals surface area (Å²) < 4.78 is 39.3. The SMILES string of the molecule is CC(C)(C)C(=O)N1N=C(c2cccc(NS(C)(=O)=O)c2)CC1c1cccc(F)c1. The molecule has 0 aliphatic carbocycles. The molecule has 3 rings (SSSR count). The van der Waals surface area contributed by atoms with E-state index in [2.05, 4.69) is 9.82 Å². The van der Waals surface area contributed by atoms with Gasteiger partial charge in [0.05, 0.1) is 18.0 Å². The molecule has 0 aromatic heterocycles. The normalized spacial score (nSPS) is 17.2. The first-order chi connectivity index (χ1) is 13.4. The standard InChI is InChI=1S/C21H24FN3O3S/c1-21(2,3)20(26)25-19(15-8-5-9-16(22)11-15)13-18(23-25)14-7-6-10-17(12-14)24-29(4,27)28/h5-12,19,24H,13H2,1-4H3. The molecule has 1 heterocycles. The van der Waals surface area contributed by atoms with Crippen molar-refractivity contribution in [3.8, 4) is 0 Å². The molecule has 1 aliphatic heterocycles. The number of rotatable bonds is 4. The highest BCUT2D eigenvalue weighted by Gasteiger charge is 2.38. The first-order valence-electron chi connectivity index (χ1n) is 9.19.